The van der Waals surface area contributed by atoms with Gasteiger partial charge in [0.1, 0.15) is 5.02 Å². The van der Waals surface area contributed by atoms with Crippen LogP contribution in [-0.4, -0.2) is 19.8 Å². The van der Waals surface area contributed by atoms with Crippen LogP contribution in [0.4, 0.5) is 0 Å². The van der Waals surface area contributed by atoms with Crippen LogP contribution in [0.1, 0.15) is 58.4 Å². The molecule has 4 nitrogen and oxygen atoms in total. The van der Waals surface area contributed by atoms with E-state index in [0.29, 0.717) is 12.6 Å². The van der Waals surface area contributed by atoms with E-state index in [1.165, 1.54) is 5.52 Å². The van der Waals surface area contributed by atoms with Crippen molar-refractivity contribution in [2.75, 3.05) is 0 Å². The van der Waals surface area contributed by atoms with Crippen LogP contribution in [0, 0.1) is 0 Å². The van der Waals surface area contributed by atoms with E-state index in [4.69, 9.17) is 11.6 Å². The number of hydrogen-bond donors (Lipinski definition) is 1. The number of aliphatic hydroxyl groups is 1. The molecule has 2 aromatic heterocycles. The number of fused-ring (bicyclic) bond motifs is 1. The lowest BCUT2D eigenvalue weighted by atomic mass is 9.83. The van der Waals surface area contributed by atoms with Crippen LogP contribution < -0.4 is 5.56 Å². The Balaban J connectivity index is 1.64. The van der Waals surface area contributed by atoms with Crippen LogP contribution in [0.15, 0.2) is 47.5 Å². The van der Waals surface area contributed by atoms with Crippen molar-refractivity contribution in [3.63, 3.8) is 0 Å². The molecular weight excluding hydrogens is 384 g/mol. The Morgan fingerprint density at radius 2 is 1.93 bits per heavy atom. The van der Waals surface area contributed by atoms with E-state index in [-0.39, 0.29) is 10.6 Å². The maximum atomic E-state index is 12.6. The number of unbranched alkanes of at least 4 members (excludes halogenated alkanes) is 1. The number of aryl methyl sites for hydroxylation is 1. The van der Waals surface area contributed by atoms with Gasteiger partial charge in [0, 0.05) is 41.4 Å². The Morgan fingerprint density at radius 3 is 2.66 bits per heavy atom. The molecule has 3 aromatic rings. The second-order valence-electron chi connectivity index (χ2n) is 8.62. The number of nitrogens with zero attached hydrogens (tertiary/aromatic N) is 2. The molecule has 2 heterocycles. The topological polar surface area (TPSA) is 47.2 Å². The van der Waals surface area contributed by atoms with E-state index in [0.717, 1.165) is 55.0 Å². The fraction of sp³-hybridized carbons (Fsp3) is 0.458. The average molecular weight is 413 g/mol. The molecule has 1 saturated carbocycles. The summed E-state index contributed by atoms with van der Waals surface area (Å²) in [7, 11) is 0. The molecule has 0 unspecified atom stereocenters. The molecule has 5 heteroatoms. The van der Waals surface area contributed by atoms with Crippen LogP contribution in [-0.2, 0) is 6.54 Å². The average Bonchev–Trinajstić information content (AvgIpc) is 3.12. The lowest BCUT2D eigenvalue weighted by molar-refractivity contribution is 0.0104. The van der Waals surface area contributed by atoms with Crippen molar-refractivity contribution in [1.29, 1.82) is 0 Å². The normalized spacial score (nSPS) is 22.3. The second kappa shape index (κ2) is 8.00. The summed E-state index contributed by atoms with van der Waals surface area (Å²) in [5, 5.41) is 11.7. The fourth-order valence-electron chi connectivity index (χ4n) is 4.43. The first-order valence-corrected chi connectivity index (χ1v) is 11.0. The van der Waals surface area contributed by atoms with Crippen LogP contribution in [0.25, 0.3) is 22.0 Å². The minimum Gasteiger partial charge on any atom is -0.390 e. The predicted molar refractivity (Wildman–Crippen MR) is 120 cm³/mol. The zero-order valence-electron chi connectivity index (χ0n) is 17.2. The number of aromatic nitrogens is 2. The predicted octanol–water partition coefficient (Wildman–Crippen LogP) is 5.79. The summed E-state index contributed by atoms with van der Waals surface area (Å²) in [4.78, 5) is 12.6. The van der Waals surface area contributed by atoms with Gasteiger partial charge in [0.2, 0.25) is 0 Å². The fourth-order valence-corrected chi connectivity index (χ4v) is 4.71. The van der Waals surface area contributed by atoms with Crippen molar-refractivity contribution in [3.8, 4) is 11.1 Å². The molecule has 1 aromatic carbocycles. The Labute approximate surface area is 176 Å². The first-order chi connectivity index (χ1) is 13.9. The molecule has 1 fully saturated rings. The van der Waals surface area contributed by atoms with Crippen LogP contribution >= 0.6 is 11.6 Å². The third kappa shape index (κ3) is 4.01. The third-order valence-corrected chi connectivity index (χ3v) is 6.68. The first-order valence-electron chi connectivity index (χ1n) is 10.6. The number of pyridine rings is 1. The lowest BCUT2D eigenvalue weighted by Crippen LogP contribution is -2.31. The monoisotopic (exact) mass is 412 g/mol. The van der Waals surface area contributed by atoms with Gasteiger partial charge in [0.15, 0.2) is 0 Å². The zero-order valence-corrected chi connectivity index (χ0v) is 18.0. The Hall–Kier alpha value is -2.04. The van der Waals surface area contributed by atoms with Gasteiger partial charge in [-0.05, 0) is 68.9 Å². The van der Waals surface area contributed by atoms with Crippen molar-refractivity contribution < 1.29 is 5.11 Å². The van der Waals surface area contributed by atoms with Gasteiger partial charge >= 0.3 is 0 Å². The molecule has 1 aliphatic carbocycles. The molecule has 0 amide bonds. The van der Waals surface area contributed by atoms with Gasteiger partial charge in [-0.2, -0.15) is 0 Å². The Kier molecular flexibility index (Phi) is 5.58. The summed E-state index contributed by atoms with van der Waals surface area (Å²) in [5.41, 5.74) is 2.29. The second-order valence-corrected chi connectivity index (χ2v) is 9.00. The van der Waals surface area contributed by atoms with Gasteiger partial charge in [0.05, 0.1) is 5.60 Å². The van der Waals surface area contributed by atoms with Crippen molar-refractivity contribution in [2.45, 2.75) is 70.6 Å². The molecule has 0 aliphatic heterocycles. The van der Waals surface area contributed by atoms with E-state index >= 15 is 0 Å². The molecule has 1 N–H and O–H groups in total. The van der Waals surface area contributed by atoms with Gasteiger partial charge in [0.25, 0.3) is 5.56 Å². The van der Waals surface area contributed by atoms with Crippen LogP contribution in [0.5, 0.6) is 0 Å². The maximum Gasteiger partial charge on any atom is 0.269 e. The van der Waals surface area contributed by atoms with Crippen molar-refractivity contribution in [3.05, 3.63) is 58.1 Å². The molecule has 0 spiro atoms. The minimum absolute atomic E-state index is 0.121. The van der Waals surface area contributed by atoms with Gasteiger partial charge < -0.3 is 14.2 Å². The highest BCUT2D eigenvalue weighted by atomic mass is 35.5. The summed E-state index contributed by atoms with van der Waals surface area (Å²) in [5.74, 6) is 0. The van der Waals surface area contributed by atoms with E-state index in [1.54, 1.807) is 4.57 Å². The standard InChI is InChI=1S/C24H29ClN2O2/c1-3-4-13-26-14-10-20(22(25)23(26)28)17-5-6-21-18(16-17)9-15-27(21)19-7-11-24(2,29)12-8-19/h5-6,9-10,14-16,19,29H,3-4,7-8,11-13H2,1-2H3/t19-,24-. The van der Waals surface area contributed by atoms with E-state index in [2.05, 4.69) is 42.0 Å². The largest absolute Gasteiger partial charge is 0.390 e. The molecule has 0 radical (unpaired) electrons. The van der Waals surface area contributed by atoms with Crippen molar-refractivity contribution >= 4 is 22.5 Å². The van der Waals surface area contributed by atoms with Gasteiger partial charge in [-0.15, -0.1) is 0 Å². The molecule has 1 aliphatic rings. The number of rotatable bonds is 5. The van der Waals surface area contributed by atoms with Gasteiger partial charge in [-0.3, -0.25) is 4.79 Å². The highest BCUT2D eigenvalue weighted by Crippen LogP contribution is 2.37. The number of hydrogen-bond acceptors (Lipinski definition) is 2. The third-order valence-electron chi connectivity index (χ3n) is 6.32. The van der Waals surface area contributed by atoms with Crippen molar-refractivity contribution in [2.24, 2.45) is 0 Å². The molecule has 29 heavy (non-hydrogen) atoms. The van der Waals surface area contributed by atoms with E-state index < -0.39 is 5.60 Å². The van der Waals surface area contributed by atoms with Crippen molar-refractivity contribution in [1.82, 2.24) is 9.13 Å². The van der Waals surface area contributed by atoms with Gasteiger partial charge in [-0.25, -0.2) is 0 Å². The van der Waals surface area contributed by atoms with Crippen LogP contribution in [0.3, 0.4) is 0 Å². The summed E-state index contributed by atoms with van der Waals surface area (Å²) in [6.45, 7) is 4.74. The van der Waals surface area contributed by atoms with Gasteiger partial charge in [-0.1, -0.05) is 31.0 Å². The number of benzene rings is 1. The van der Waals surface area contributed by atoms with E-state index in [1.807, 2.05) is 19.2 Å². The SMILES string of the molecule is CCCCn1ccc(-c2ccc3c(ccn3[C@H]3CC[C@](C)(O)CC3)c2)c(Cl)c1=O. The molecule has 0 bridgehead atoms. The minimum atomic E-state index is -0.527. The first kappa shape index (κ1) is 20.2. The lowest BCUT2D eigenvalue weighted by Gasteiger charge is -2.34. The summed E-state index contributed by atoms with van der Waals surface area (Å²) >= 11 is 6.45. The maximum absolute atomic E-state index is 12.6. The quantitative estimate of drug-likeness (QED) is 0.576. The summed E-state index contributed by atoms with van der Waals surface area (Å²) in [6.07, 6.45) is 9.63. The molecule has 0 saturated heterocycles. The highest BCUT2D eigenvalue weighted by Gasteiger charge is 2.29. The molecule has 4 rings (SSSR count). The molecule has 0 atom stereocenters. The Morgan fingerprint density at radius 1 is 1.17 bits per heavy atom. The summed E-state index contributed by atoms with van der Waals surface area (Å²) < 4.78 is 4.03. The van der Waals surface area contributed by atoms with E-state index in [9.17, 15) is 9.90 Å². The van der Waals surface area contributed by atoms with Crippen LogP contribution in [0.2, 0.25) is 5.02 Å². The Bertz CT molecular complexity index is 1070. The highest BCUT2D eigenvalue weighted by molar-refractivity contribution is 6.33. The number of halogens is 1. The summed E-state index contributed by atoms with van der Waals surface area (Å²) in [6, 6.07) is 10.8. The zero-order chi connectivity index (χ0) is 20.6. The molecular formula is C24H29ClN2O2. The smallest absolute Gasteiger partial charge is 0.269 e. The molecule has 154 valence electrons.